The van der Waals surface area contributed by atoms with Crippen molar-refractivity contribution in [3.8, 4) is 0 Å². The largest absolute Gasteiger partial charge is 0.383 e. The van der Waals surface area contributed by atoms with Crippen molar-refractivity contribution in [2.75, 3.05) is 39.3 Å². The fourth-order valence-corrected chi connectivity index (χ4v) is 7.25. The van der Waals surface area contributed by atoms with E-state index in [-0.39, 0.29) is 11.8 Å². The standard InChI is InChI=1S/C31H50N4O3/c1-3-33(4-2)16-15-29(36)31(38)34(22-23-9-6-5-7-10-23)17-18-35-27-13-14-28(35)21-26(20-27)24-11-8-12-25(19-24)30(32)37/h8,11-12,19,23,26-29,36H,3-7,9-10,13-18,20-22H2,1-2H3,(H2,32,37)/t26-,27+,28-,29-/m0/s1. The van der Waals surface area contributed by atoms with E-state index in [1.807, 2.05) is 17.0 Å². The first-order valence-corrected chi connectivity index (χ1v) is 15.2. The Morgan fingerprint density at radius 3 is 2.34 bits per heavy atom. The monoisotopic (exact) mass is 526 g/mol. The summed E-state index contributed by atoms with van der Waals surface area (Å²) in [4.78, 5) is 32.1. The first-order valence-electron chi connectivity index (χ1n) is 15.2. The Morgan fingerprint density at radius 2 is 1.71 bits per heavy atom. The van der Waals surface area contributed by atoms with E-state index < -0.39 is 6.10 Å². The van der Waals surface area contributed by atoms with Crippen molar-refractivity contribution < 1.29 is 14.7 Å². The van der Waals surface area contributed by atoms with Crippen LogP contribution in [0.3, 0.4) is 0 Å². The van der Waals surface area contributed by atoms with E-state index in [0.29, 0.717) is 42.4 Å². The summed E-state index contributed by atoms with van der Waals surface area (Å²) in [5, 5.41) is 10.9. The molecular formula is C31H50N4O3. The van der Waals surface area contributed by atoms with Crippen LogP contribution in [0.25, 0.3) is 0 Å². The van der Waals surface area contributed by atoms with Crippen LogP contribution >= 0.6 is 0 Å². The zero-order valence-corrected chi connectivity index (χ0v) is 23.7. The molecule has 1 saturated carbocycles. The molecule has 212 valence electrons. The maximum absolute atomic E-state index is 13.5. The molecule has 3 aliphatic rings. The van der Waals surface area contributed by atoms with Crippen LogP contribution in [0.2, 0.25) is 0 Å². The van der Waals surface area contributed by atoms with Gasteiger partial charge >= 0.3 is 0 Å². The normalized spacial score (nSPS) is 25.0. The van der Waals surface area contributed by atoms with E-state index in [2.05, 4.69) is 29.7 Å². The predicted molar refractivity (Wildman–Crippen MR) is 152 cm³/mol. The molecule has 4 atom stereocenters. The lowest BCUT2D eigenvalue weighted by atomic mass is 9.84. The Labute approximate surface area is 229 Å². The summed E-state index contributed by atoms with van der Waals surface area (Å²) in [5.41, 5.74) is 7.35. The second kappa shape index (κ2) is 13.9. The molecule has 1 aliphatic carbocycles. The number of aliphatic hydroxyl groups is 1. The summed E-state index contributed by atoms with van der Waals surface area (Å²) in [6.07, 6.45) is 10.3. The second-order valence-electron chi connectivity index (χ2n) is 11.9. The molecule has 0 unspecified atom stereocenters. The zero-order valence-electron chi connectivity index (χ0n) is 23.7. The lowest BCUT2D eigenvalue weighted by Gasteiger charge is -2.41. The summed E-state index contributed by atoms with van der Waals surface area (Å²) >= 11 is 0. The Morgan fingerprint density at radius 1 is 1.03 bits per heavy atom. The number of nitrogens with two attached hydrogens (primary N) is 1. The zero-order chi connectivity index (χ0) is 27.1. The van der Waals surface area contributed by atoms with Crippen molar-refractivity contribution >= 4 is 11.8 Å². The lowest BCUT2D eigenvalue weighted by molar-refractivity contribution is -0.142. The number of hydrogen-bond acceptors (Lipinski definition) is 5. The minimum Gasteiger partial charge on any atom is -0.383 e. The Balaban J connectivity index is 1.37. The first-order chi connectivity index (χ1) is 18.4. The summed E-state index contributed by atoms with van der Waals surface area (Å²) in [7, 11) is 0. The van der Waals surface area contributed by atoms with Gasteiger partial charge in [-0.05, 0) is 87.6 Å². The van der Waals surface area contributed by atoms with Crippen LogP contribution in [-0.2, 0) is 4.79 Å². The molecule has 3 fully saturated rings. The third kappa shape index (κ3) is 7.36. The van der Waals surface area contributed by atoms with Gasteiger partial charge < -0.3 is 20.6 Å². The number of nitrogens with zero attached hydrogens (tertiary/aromatic N) is 3. The molecule has 0 radical (unpaired) electrons. The average molecular weight is 527 g/mol. The van der Waals surface area contributed by atoms with Gasteiger partial charge in [-0.3, -0.25) is 14.5 Å². The summed E-state index contributed by atoms with van der Waals surface area (Å²) in [6, 6.07) is 8.88. The Kier molecular flexibility index (Phi) is 10.6. The third-order valence-electron chi connectivity index (χ3n) is 9.57. The van der Waals surface area contributed by atoms with Crippen molar-refractivity contribution in [1.29, 1.82) is 0 Å². The van der Waals surface area contributed by atoms with E-state index in [1.165, 1.54) is 50.5 Å². The maximum atomic E-state index is 13.5. The molecule has 1 aromatic carbocycles. The molecule has 38 heavy (non-hydrogen) atoms. The second-order valence-corrected chi connectivity index (χ2v) is 11.9. The maximum Gasteiger partial charge on any atom is 0.251 e. The molecular weight excluding hydrogens is 476 g/mol. The van der Waals surface area contributed by atoms with E-state index in [4.69, 9.17) is 5.73 Å². The van der Waals surface area contributed by atoms with Crippen molar-refractivity contribution in [2.45, 2.75) is 102 Å². The molecule has 0 spiro atoms. The molecule has 7 nitrogen and oxygen atoms in total. The topological polar surface area (TPSA) is 90.1 Å². The molecule has 1 aromatic rings. The van der Waals surface area contributed by atoms with Crippen LogP contribution < -0.4 is 5.73 Å². The average Bonchev–Trinajstić information content (AvgIpc) is 3.17. The van der Waals surface area contributed by atoms with E-state index in [0.717, 1.165) is 45.6 Å². The SMILES string of the molecule is CCN(CC)CC[C@H](O)C(=O)N(CCN1[C@@H]2CC[C@H]1C[C@@H](c1cccc(C(N)=O)c1)C2)CC1CCCCC1. The number of rotatable bonds is 13. The lowest BCUT2D eigenvalue weighted by Crippen LogP contribution is -2.50. The van der Waals surface area contributed by atoms with Gasteiger partial charge in [-0.2, -0.15) is 0 Å². The van der Waals surface area contributed by atoms with Gasteiger partial charge in [-0.15, -0.1) is 0 Å². The van der Waals surface area contributed by atoms with Gasteiger partial charge in [-0.25, -0.2) is 0 Å². The van der Waals surface area contributed by atoms with Gasteiger partial charge in [-0.1, -0.05) is 45.2 Å². The summed E-state index contributed by atoms with van der Waals surface area (Å²) in [6.45, 7) is 9.25. The molecule has 0 aromatic heterocycles. The number of amides is 2. The number of aliphatic hydroxyl groups excluding tert-OH is 1. The highest BCUT2D eigenvalue weighted by Gasteiger charge is 2.41. The number of benzene rings is 1. The van der Waals surface area contributed by atoms with Crippen molar-refractivity contribution in [3.63, 3.8) is 0 Å². The fourth-order valence-electron chi connectivity index (χ4n) is 7.25. The van der Waals surface area contributed by atoms with Gasteiger partial charge in [0.25, 0.3) is 5.91 Å². The fraction of sp³-hybridized carbons (Fsp3) is 0.742. The van der Waals surface area contributed by atoms with Crippen LogP contribution in [0, 0.1) is 5.92 Å². The van der Waals surface area contributed by atoms with Crippen molar-refractivity contribution in [2.24, 2.45) is 11.7 Å². The number of carbonyl (C=O) groups excluding carboxylic acids is 2. The molecule has 2 bridgehead atoms. The number of primary amides is 1. The van der Waals surface area contributed by atoms with E-state index in [9.17, 15) is 14.7 Å². The Hall–Kier alpha value is -1.96. The minimum absolute atomic E-state index is 0.0757. The predicted octanol–water partition coefficient (Wildman–Crippen LogP) is 4.00. The first kappa shape index (κ1) is 29.0. The summed E-state index contributed by atoms with van der Waals surface area (Å²) in [5.74, 6) is 0.565. The van der Waals surface area contributed by atoms with Gasteiger partial charge in [0.1, 0.15) is 6.10 Å². The molecule has 2 saturated heterocycles. The summed E-state index contributed by atoms with van der Waals surface area (Å²) < 4.78 is 0. The quantitative estimate of drug-likeness (QED) is 0.406. The van der Waals surface area contributed by atoms with Crippen LogP contribution in [0.5, 0.6) is 0 Å². The smallest absolute Gasteiger partial charge is 0.251 e. The number of hydrogen-bond donors (Lipinski definition) is 2. The molecule has 7 heteroatoms. The highest BCUT2D eigenvalue weighted by Crippen LogP contribution is 2.43. The van der Waals surface area contributed by atoms with Gasteiger partial charge in [0.05, 0.1) is 0 Å². The Bertz CT molecular complexity index is 900. The van der Waals surface area contributed by atoms with E-state index in [1.54, 1.807) is 6.07 Å². The van der Waals surface area contributed by atoms with Crippen LogP contribution in [-0.4, -0.2) is 89.1 Å². The van der Waals surface area contributed by atoms with E-state index >= 15 is 0 Å². The third-order valence-corrected chi connectivity index (χ3v) is 9.57. The van der Waals surface area contributed by atoms with Crippen LogP contribution in [0.4, 0.5) is 0 Å². The van der Waals surface area contributed by atoms with Gasteiger partial charge in [0.2, 0.25) is 5.91 Å². The van der Waals surface area contributed by atoms with Gasteiger partial charge in [0, 0.05) is 43.8 Å². The number of fused-ring (bicyclic) bond motifs is 2. The van der Waals surface area contributed by atoms with Crippen LogP contribution in [0.15, 0.2) is 24.3 Å². The number of piperidine rings is 1. The molecule has 2 heterocycles. The van der Waals surface area contributed by atoms with Gasteiger partial charge in [0.15, 0.2) is 0 Å². The molecule has 2 aliphatic heterocycles. The van der Waals surface area contributed by atoms with Crippen molar-refractivity contribution in [1.82, 2.24) is 14.7 Å². The molecule has 2 amide bonds. The van der Waals surface area contributed by atoms with Crippen molar-refractivity contribution in [3.05, 3.63) is 35.4 Å². The number of carbonyl (C=O) groups is 2. The van der Waals surface area contributed by atoms with Crippen LogP contribution in [0.1, 0.15) is 99.9 Å². The molecule has 3 N–H and O–H groups in total. The minimum atomic E-state index is -0.917. The highest BCUT2D eigenvalue weighted by molar-refractivity contribution is 5.92. The molecule has 4 rings (SSSR count). The highest BCUT2D eigenvalue weighted by atomic mass is 16.3.